The van der Waals surface area contributed by atoms with Crippen LogP contribution in [0.15, 0.2) is 54.7 Å². The van der Waals surface area contributed by atoms with Crippen molar-refractivity contribution in [3.63, 3.8) is 0 Å². The molecule has 2 aromatic heterocycles. The third-order valence-corrected chi connectivity index (χ3v) is 5.61. The van der Waals surface area contributed by atoms with Crippen LogP contribution in [-0.2, 0) is 4.74 Å². The van der Waals surface area contributed by atoms with Crippen molar-refractivity contribution in [2.45, 2.75) is 19.9 Å². The molecular weight excluding hydrogens is 453 g/mol. The normalized spacial score (nSPS) is 12.7. The van der Waals surface area contributed by atoms with Crippen molar-refractivity contribution in [2.75, 3.05) is 19.8 Å². The van der Waals surface area contributed by atoms with Gasteiger partial charge in [-0.15, -0.1) is 0 Å². The maximum atomic E-state index is 13.1. The van der Waals surface area contributed by atoms with Gasteiger partial charge in [-0.05, 0) is 62.4 Å². The molecule has 0 amide bonds. The van der Waals surface area contributed by atoms with Crippen LogP contribution in [0.1, 0.15) is 40.6 Å². The summed E-state index contributed by atoms with van der Waals surface area (Å²) in [5.41, 5.74) is 2.25. The van der Waals surface area contributed by atoms with E-state index in [0.29, 0.717) is 41.4 Å². The Hall–Kier alpha value is -4.27. The van der Waals surface area contributed by atoms with E-state index in [2.05, 4.69) is 5.10 Å². The number of fused-ring (bicyclic) bond motifs is 2. The molecule has 0 aliphatic carbocycles. The summed E-state index contributed by atoms with van der Waals surface area (Å²) < 4.78 is 31.5. The quantitative estimate of drug-likeness (QED) is 0.297. The van der Waals surface area contributed by atoms with Gasteiger partial charge in [-0.3, -0.25) is 4.79 Å². The number of esters is 1. The third-order valence-electron chi connectivity index (χ3n) is 5.61. The lowest BCUT2D eigenvalue weighted by Crippen LogP contribution is -2.15. The highest BCUT2D eigenvalue weighted by molar-refractivity contribution is 6.05. The van der Waals surface area contributed by atoms with Gasteiger partial charge in [0.25, 0.3) is 0 Å². The van der Waals surface area contributed by atoms with E-state index in [-0.39, 0.29) is 17.2 Å². The lowest BCUT2D eigenvalue weighted by molar-refractivity contribution is 0.0476. The van der Waals surface area contributed by atoms with Gasteiger partial charge in [-0.1, -0.05) is 0 Å². The minimum Gasteiger partial charge on any atom is -0.486 e. The van der Waals surface area contributed by atoms with Gasteiger partial charge in [0.05, 0.1) is 22.8 Å². The summed E-state index contributed by atoms with van der Waals surface area (Å²) in [5, 5.41) is 4.91. The molecule has 5 rings (SSSR count). The fourth-order valence-electron chi connectivity index (χ4n) is 3.84. The van der Waals surface area contributed by atoms with Gasteiger partial charge < -0.3 is 14.2 Å². The van der Waals surface area contributed by atoms with E-state index < -0.39 is 24.2 Å². The number of nitrogens with zero attached hydrogens (tertiary/aromatic N) is 3. The Morgan fingerprint density at radius 1 is 1.06 bits per heavy atom. The van der Waals surface area contributed by atoms with Gasteiger partial charge in [0, 0.05) is 17.2 Å². The molecule has 178 valence electrons. The molecule has 0 N–H and O–H groups in total. The summed E-state index contributed by atoms with van der Waals surface area (Å²) in [5.74, 6) is -0.329. The summed E-state index contributed by atoms with van der Waals surface area (Å²) in [6.45, 7) is 4.37. The minimum atomic E-state index is -0.685. The predicted octanol–water partition coefficient (Wildman–Crippen LogP) is 4.63. The topological polar surface area (TPSA) is 92.5 Å². The van der Waals surface area contributed by atoms with Crippen LogP contribution in [0.5, 0.6) is 11.5 Å². The summed E-state index contributed by atoms with van der Waals surface area (Å²) in [6, 6.07) is 12.1. The Labute approximate surface area is 200 Å². The molecule has 9 heteroatoms. The number of aromatic nitrogens is 3. The molecule has 0 saturated heterocycles. The van der Waals surface area contributed by atoms with Gasteiger partial charge in [-0.25, -0.2) is 18.9 Å². The smallest absolute Gasteiger partial charge is 0.339 e. The molecule has 2 aromatic carbocycles. The van der Waals surface area contributed by atoms with Gasteiger partial charge in [0.2, 0.25) is 0 Å². The van der Waals surface area contributed by atoms with Crippen LogP contribution in [0, 0.1) is 5.82 Å². The van der Waals surface area contributed by atoms with Crippen LogP contribution in [0.3, 0.4) is 0 Å². The first kappa shape index (κ1) is 22.5. The number of halogens is 1. The van der Waals surface area contributed by atoms with Crippen LogP contribution in [-0.4, -0.2) is 46.3 Å². The van der Waals surface area contributed by atoms with Crippen molar-refractivity contribution in [1.29, 1.82) is 0 Å². The highest BCUT2D eigenvalue weighted by Gasteiger charge is 2.22. The predicted molar refractivity (Wildman–Crippen MR) is 125 cm³/mol. The van der Waals surface area contributed by atoms with Crippen molar-refractivity contribution in [1.82, 2.24) is 14.8 Å². The van der Waals surface area contributed by atoms with Crippen molar-refractivity contribution < 1.29 is 28.2 Å². The second kappa shape index (κ2) is 9.17. The number of ketones is 1. The number of carbonyl (C=O) groups excluding carboxylic acids is 2. The summed E-state index contributed by atoms with van der Waals surface area (Å²) >= 11 is 0. The molecule has 4 aromatic rings. The molecular formula is C26H22FN3O5. The average Bonchev–Trinajstić information content (AvgIpc) is 3.31. The Bertz CT molecular complexity index is 1430. The van der Waals surface area contributed by atoms with E-state index in [1.54, 1.807) is 23.0 Å². The molecule has 0 unspecified atom stereocenters. The first-order valence-corrected chi connectivity index (χ1v) is 11.1. The van der Waals surface area contributed by atoms with Crippen molar-refractivity contribution in [3.8, 4) is 22.8 Å². The Balaban J connectivity index is 1.50. The lowest BCUT2D eigenvalue weighted by atomic mass is 10.1. The molecule has 0 spiro atoms. The zero-order valence-corrected chi connectivity index (χ0v) is 19.2. The van der Waals surface area contributed by atoms with Crippen molar-refractivity contribution in [2.24, 2.45) is 0 Å². The number of hydrogen-bond acceptors (Lipinski definition) is 7. The second-order valence-corrected chi connectivity index (χ2v) is 8.34. The number of pyridine rings is 1. The van der Waals surface area contributed by atoms with E-state index in [1.165, 1.54) is 24.3 Å². The Kier molecular flexibility index (Phi) is 5.90. The molecule has 0 bridgehead atoms. The lowest BCUT2D eigenvalue weighted by Gasteiger charge is -2.19. The molecule has 8 nitrogen and oxygen atoms in total. The van der Waals surface area contributed by atoms with Crippen LogP contribution in [0.4, 0.5) is 4.39 Å². The van der Waals surface area contributed by atoms with E-state index in [9.17, 15) is 14.0 Å². The molecule has 0 fully saturated rings. The number of ether oxygens (including phenoxy) is 3. The second-order valence-electron chi connectivity index (χ2n) is 8.34. The molecule has 3 heterocycles. The summed E-state index contributed by atoms with van der Waals surface area (Å²) in [6.07, 6.45) is 1.56. The van der Waals surface area contributed by atoms with Gasteiger partial charge in [0.15, 0.2) is 29.5 Å². The molecule has 0 atom stereocenters. The molecule has 0 saturated carbocycles. The maximum Gasteiger partial charge on any atom is 0.339 e. The third kappa shape index (κ3) is 4.44. The fraction of sp³-hybridized carbons (Fsp3) is 0.231. The van der Waals surface area contributed by atoms with E-state index in [4.69, 9.17) is 19.2 Å². The highest BCUT2D eigenvalue weighted by atomic mass is 19.1. The number of benzene rings is 2. The average molecular weight is 475 g/mol. The van der Waals surface area contributed by atoms with Crippen LogP contribution < -0.4 is 9.47 Å². The Morgan fingerprint density at radius 3 is 2.54 bits per heavy atom. The van der Waals surface area contributed by atoms with Gasteiger partial charge >= 0.3 is 5.97 Å². The van der Waals surface area contributed by atoms with Crippen molar-refractivity contribution >= 4 is 22.8 Å². The van der Waals surface area contributed by atoms with E-state index in [1.807, 2.05) is 26.0 Å². The Morgan fingerprint density at radius 2 is 1.80 bits per heavy atom. The SMILES string of the molecule is CC(C)n1ncc2c(C(=O)OCC(=O)c3ccc(F)cc3)cc(-c3ccc4c(c3)OCCO4)nc21. The van der Waals surface area contributed by atoms with Gasteiger partial charge in [0.1, 0.15) is 19.0 Å². The fourth-order valence-corrected chi connectivity index (χ4v) is 3.84. The maximum absolute atomic E-state index is 13.1. The standard InChI is InChI=1S/C26H22FN3O5/c1-15(2)30-25-20(13-28-30)19(26(32)35-14-22(31)16-3-6-18(27)7-4-16)12-21(29-25)17-5-8-23-24(11-17)34-10-9-33-23/h3-8,11-13,15H,9-10,14H2,1-2H3. The minimum absolute atomic E-state index is 0.000518. The molecule has 1 aliphatic heterocycles. The summed E-state index contributed by atoms with van der Waals surface area (Å²) in [7, 11) is 0. The van der Waals surface area contributed by atoms with Crippen LogP contribution in [0.2, 0.25) is 0 Å². The largest absolute Gasteiger partial charge is 0.486 e. The highest BCUT2D eigenvalue weighted by Crippen LogP contribution is 2.35. The zero-order valence-electron chi connectivity index (χ0n) is 19.2. The molecule has 35 heavy (non-hydrogen) atoms. The van der Waals surface area contributed by atoms with Crippen LogP contribution >= 0.6 is 0 Å². The number of carbonyl (C=O) groups is 2. The van der Waals surface area contributed by atoms with Crippen LogP contribution in [0.25, 0.3) is 22.3 Å². The van der Waals surface area contributed by atoms with Crippen molar-refractivity contribution in [3.05, 3.63) is 71.7 Å². The summed E-state index contributed by atoms with van der Waals surface area (Å²) in [4.78, 5) is 30.3. The van der Waals surface area contributed by atoms with E-state index in [0.717, 1.165) is 5.56 Å². The first-order valence-electron chi connectivity index (χ1n) is 11.1. The monoisotopic (exact) mass is 475 g/mol. The first-order chi connectivity index (χ1) is 16.9. The number of hydrogen-bond donors (Lipinski definition) is 0. The number of Topliss-reactive ketones (excluding diaryl/α,β-unsaturated/α-hetero) is 1. The number of rotatable bonds is 6. The molecule has 0 radical (unpaired) electrons. The molecule has 1 aliphatic rings. The van der Waals surface area contributed by atoms with Gasteiger partial charge in [-0.2, -0.15) is 5.10 Å². The van der Waals surface area contributed by atoms with E-state index >= 15 is 0 Å². The zero-order chi connectivity index (χ0) is 24.5.